The predicted octanol–water partition coefficient (Wildman–Crippen LogP) is 3.06. The fourth-order valence-corrected chi connectivity index (χ4v) is 2.04. The summed E-state index contributed by atoms with van der Waals surface area (Å²) in [4.78, 5) is 8.39. The Morgan fingerprint density at radius 3 is 3.06 bits per heavy atom. The second-order valence-electron chi connectivity index (χ2n) is 3.93. The molecule has 1 aliphatic rings. The van der Waals surface area contributed by atoms with Crippen LogP contribution in [-0.4, -0.2) is 18.2 Å². The number of aromatic nitrogens is 1. The number of hydrogen-bond donors (Lipinski definition) is 0. The molecule has 0 saturated carbocycles. The van der Waals surface area contributed by atoms with Gasteiger partial charge in [0.15, 0.2) is 0 Å². The summed E-state index contributed by atoms with van der Waals surface area (Å²) in [6, 6.07) is 4.18. The van der Waals surface area contributed by atoms with Gasteiger partial charge in [0.05, 0.1) is 5.69 Å². The van der Waals surface area contributed by atoms with Gasteiger partial charge in [-0.15, -0.1) is 0 Å². The van der Waals surface area contributed by atoms with Crippen LogP contribution in [0.15, 0.2) is 41.0 Å². The van der Waals surface area contributed by atoms with Crippen molar-refractivity contribution in [3.05, 3.63) is 47.3 Å². The van der Waals surface area contributed by atoms with E-state index < -0.39 is 0 Å². The lowest BCUT2D eigenvalue weighted by atomic mass is 9.90. The Balaban J connectivity index is 2.35. The molecule has 0 atom stereocenters. The van der Waals surface area contributed by atoms with Crippen molar-refractivity contribution < 1.29 is 0 Å². The Bertz CT molecular complexity index is 467. The maximum atomic E-state index is 4.45. The minimum absolute atomic E-state index is 1.09. The standard InChI is InChI=1S/C14H16N2/c1-11-12(5-3-9-15-2)7-8-13-6-4-10-16-14(11)13/h3-6,9-10H,7-8H2,1-2H3/b5-3-,15-9?. The van der Waals surface area contributed by atoms with E-state index in [1.54, 1.807) is 7.05 Å². The summed E-state index contributed by atoms with van der Waals surface area (Å²) in [6.07, 6.45) is 9.99. The van der Waals surface area contributed by atoms with Gasteiger partial charge in [-0.05, 0) is 48.6 Å². The first-order valence-electron chi connectivity index (χ1n) is 5.56. The van der Waals surface area contributed by atoms with Gasteiger partial charge < -0.3 is 0 Å². The molecular formula is C14H16N2. The van der Waals surface area contributed by atoms with Crippen LogP contribution in [0.25, 0.3) is 5.57 Å². The molecule has 1 aromatic rings. The molecule has 2 rings (SSSR count). The van der Waals surface area contributed by atoms with Crippen LogP contribution in [0, 0.1) is 0 Å². The van der Waals surface area contributed by atoms with Crippen LogP contribution in [0.2, 0.25) is 0 Å². The van der Waals surface area contributed by atoms with E-state index >= 15 is 0 Å². The number of rotatable bonds is 2. The molecule has 0 fully saturated rings. The summed E-state index contributed by atoms with van der Waals surface area (Å²) in [6.45, 7) is 2.15. The number of aliphatic imine (C=N–C) groups is 1. The molecule has 0 aliphatic heterocycles. The zero-order valence-electron chi connectivity index (χ0n) is 9.77. The minimum atomic E-state index is 1.09. The molecular weight excluding hydrogens is 196 g/mol. The Morgan fingerprint density at radius 1 is 1.38 bits per heavy atom. The summed E-state index contributed by atoms with van der Waals surface area (Å²) >= 11 is 0. The second-order valence-corrected chi connectivity index (χ2v) is 3.93. The van der Waals surface area contributed by atoms with Gasteiger partial charge in [0.1, 0.15) is 0 Å². The lowest BCUT2D eigenvalue weighted by Crippen LogP contribution is -2.04. The van der Waals surface area contributed by atoms with E-state index in [4.69, 9.17) is 0 Å². The third-order valence-electron chi connectivity index (χ3n) is 2.92. The summed E-state index contributed by atoms with van der Waals surface area (Å²) in [5.41, 5.74) is 5.18. The topological polar surface area (TPSA) is 25.2 Å². The Hall–Kier alpha value is -1.70. The van der Waals surface area contributed by atoms with E-state index in [2.05, 4.69) is 29.0 Å². The van der Waals surface area contributed by atoms with Crippen molar-refractivity contribution in [2.24, 2.45) is 4.99 Å². The van der Waals surface area contributed by atoms with E-state index in [1.807, 2.05) is 24.6 Å². The molecule has 0 radical (unpaired) electrons. The zero-order valence-corrected chi connectivity index (χ0v) is 9.77. The van der Waals surface area contributed by atoms with E-state index in [9.17, 15) is 0 Å². The first-order chi connectivity index (χ1) is 7.83. The third-order valence-corrected chi connectivity index (χ3v) is 2.92. The summed E-state index contributed by atoms with van der Waals surface area (Å²) in [5, 5.41) is 0. The van der Waals surface area contributed by atoms with Crippen LogP contribution in [0.5, 0.6) is 0 Å². The lowest BCUT2D eigenvalue weighted by molar-refractivity contribution is 0.919. The van der Waals surface area contributed by atoms with Crippen LogP contribution < -0.4 is 0 Å². The molecule has 0 bridgehead atoms. The fraction of sp³-hybridized carbons (Fsp3) is 0.286. The highest BCUT2D eigenvalue weighted by Gasteiger charge is 2.14. The highest BCUT2D eigenvalue weighted by molar-refractivity contribution is 5.76. The van der Waals surface area contributed by atoms with Crippen molar-refractivity contribution in [3.63, 3.8) is 0 Å². The lowest BCUT2D eigenvalue weighted by Gasteiger charge is -2.17. The number of allylic oxidation sites excluding steroid dienone is 4. The molecule has 1 heterocycles. The number of nitrogens with zero attached hydrogens (tertiary/aromatic N) is 2. The second kappa shape index (κ2) is 4.88. The van der Waals surface area contributed by atoms with E-state index in [1.165, 1.54) is 16.7 Å². The first kappa shape index (κ1) is 10.8. The van der Waals surface area contributed by atoms with Crippen molar-refractivity contribution in [2.75, 3.05) is 7.05 Å². The summed E-state index contributed by atoms with van der Waals surface area (Å²) in [7, 11) is 1.78. The van der Waals surface area contributed by atoms with Gasteiger partial charge in [0.25, 0.3) is 0 Å². The smallest absolute Gasteiger partial charge is 0.0693 e. The highest BCUT2D eigenvalue weighted by Crippen LogP contribution is 2.29. The normalized spacial score (nSPS) is 16.1. The Kier molecular flexibility index (Phi) is 3.30. The van der Waals surface area contributed by atoms with Crippen LogP contribution >= 0.6 is 0 Å². The van der Waals surface area contributed by atoms with Gasteiger partial charge in [-0.2, -0.15) is 0 Å². The van der Waals surface area contributed by atoms with Gasteiger partial charge in [0.2, 0.25) is 0 Å². The summed E-state index contributed by atoms with van der Waals surface area (Å²) in [5.74, 6) is 0. The predicted molar refractivity (Wildman–Crippen MR) is 68.7 cm³/mol. The SMILES string of the molecule is CN=C/C=C\C1=C(C)c2ncccc2CC1. The van der Waals surface area contributed by atoms with Crippen LogP contribution in [0.4, 0.5) is 0 Å². The molecule has 0 unspecified atom stereocenters. The molecule has 1 aromatic heterocycles. The summed E-state index contributed by atoms with van der Waals surface area (Å²) < 4.78 is 0. The number of fused-ring (bicyclic) bond motifs is 1. The quantitative estimate of drug-likeness (QED) is 0.692. The van der Waals surface area contributed by atoms with E-state index in [-0.39, 0.29) is 0 Å². The van der Waals surface area contributed by atoms with Crippen molar-refractivity contribution >= 4 is 11.8 Å². The fourth-order valence-electron chi connectivity index (χ4n) is 2.04. The number of pyridine rings is 1. The van der Waals surface area contributed by atoms with Gasteiger partial charge in [-0.3, -0.25) is 9.98 Å². The molecule has 2 heteroatoms. The van der Waals surface area contributed by atoms with Crippen LogP contribution in [-0.2, 0) is 6.42 Å². The van der Waals surface area contributed by atoms with Gasteiger partial charge >= 0.3 is 0 Å². The monoisotopic (exact) mass is 212 g/mol. The van der Waals surface area contributed by atoms with Gasteiger partial charge in [-0.25, -0.2) is 0 Å². The molecule has 82 valence electrons. The molecule has 1 aliphatic carbocycles. The average molecular weight is 212 g/mol. The number of aryl methyl sites for hydroxylation is 1. The van der Waals surface area contributed by atoms with Crippen molar-refractivity contribution in [1.29, 1.82) is 0 Å². The Labute approximate surface area is 96.4 Å². The molecule has 16 heavy (non-hydrogen) atoms. The van der Waals surface area contributed by atoms with Crippen LogP contribution in [0.3, 0.4) is 0 Å². The molecule has 2 nitrogen and oxygen atoms in total. The highest BCUT2D eigenvalue weighted by atomic mass is 14.7. The largest absolute Gasteiger partial charge is 0.297 e. The minimum Gasteiger partial charge on any atom is -0.297 e. The molecule has 0 N–H and O–H groups in total. The molecule has 0 amide bonds. The number of hydrogen-bond acceptors (Lipinski definition) is 2. The third kappa shape index (κ3) is 2.11. The molecule has 0 spiro atoms. The molecule has 0 aromatic carbocycles. The van der Waals surface area contributed by atoms with Crippen LogP contribution in [0.1, 0.15) is 24.6 Å². The van der Waals surface area contributed by atoms with Crippen molar-refractivity contribution in [3.8, 4) is 0 Å². The maximum absolute atomic E-state index is 4.45. The van der Waals surface area contributed by atoms with Crippen molar-refractivity contribution in [2.45, 2.75) is 19.8 Å². The van der Waals surface area contributed by atoms with Gasteiger partial charge in [-0.1, -0.05) is 12.1 Å². The first-order valence-corrected chi connectivity index (χ1v) is 5.56. The van der Waals surface area contributed by atoms with Gasteiger partial charge in [0, 0.05) is 19.5 Å². The average Bonchev–Trinajstić information content (AvgIpc) is 2.33. The van der Waals surface area contributed by atoms with E-state index in [0.29, 0.717) is 0 Å². The molecule has 0 saturated heterocycles. The zero-order chi connectivity index (χ0) is 11.4. The van der Waals surface area contributed by atoms with E-state index in [0.717, 1.165) is 18.5 Å². The van der Waals surface area contributed by atoms with Crippen molar-refractivity contribution in [1.82, 2.24) is 4.98 Å². The Morgan fingerprint density at radius 2 is 2.25 bits per heavy atom. The maximum Gasteiger partial charge on any atom is 0.0693 e.